The summed E-state index contributed by atoms with van der Waals surface area (Å²) in [5.41, 5.74) is 2.98. The Kier molecular flexibility index (Phi) is 7.16. The van der Waals surface area contributed by atoms with Gasteiger partial charge in [-0.25, -0.2) is 19.6 Å². The van der Waals surface area contributed by atoms with Crippen LogP contribution in [0.25, 0.3) is 0 Å². The average molecular weight is 483 g/mol. The van der Waals surface area contributed by atoms with E-state index in [-0.39, 0.29) is 30.0 Å². The zero-order valence-corrected chi connectivity index (χ0v) is 20.1. The second kappa shape index (κ2) is 10.3. The third kappa shape index (κ3) is 5.39. The lowest BCUT2D eigenvalue weighted by molar-refractivity contribution is -0.141. The van der Waals surface area contributed by atoms with Crippen molar-refractivity contribution >= 4 is 29.7 Å². The Bertz CT molecular complexity index is 1110. The summed E-state index contributed by atoms with van der Waals surface area (Å²) in [7, 11) is 1.29. The molecule has 2 aliphatic rings. The minimum absolute atomic E-state index is 0.00146. The van der Waals surface area contributed by atoms with Crippen LogP contribution in [0.3, 0.4) is 0 Å². The number of benzene rings is 1. The van der Waals surface area contributed by atoms with Gasteiger partial charge in [-0.15, -0.1) is 0 Å². The van der Waals surface area contributed by atoms with Gasteiger partial charge >= 0.3 is 18.0 Å². The summed E-state index contributed by atoms with van der Waals surface area (Å²) < 4.78 is 10.6. The summed E-state index contributed by atoms with van der Waals surface area (Å²) in [6.07, 6.45) is 1.63. The molecule has 0 radical (unpaired) electrons. The van der Waals surface area contributed by atoms with Gasteiger partial charge in [0.2, 0.25) is 0 Å². The molecular formula is C24H26N4O5S. The standard InChI is InChI=1S/C24H26N4O5S/c1-14-11-15(2)26-23(25-14)34-13-19(29)33-12-18-20(22(30)32-3)21(16-7-5-4-6-8-16)27-24(31)28(18)17-9-10-17/h4-8,11,17,21H,9-10,12-13H2,1-3H3,(H,27,31)/t21-/m0/s1. The number of rotatable bonds is 8. The minimum atomic E-state index is -0.706. The van der Waals surface area contributed by atoms with Gasteiger partial charge < -0.3 is 14.8 Å². The highest BCUT2D eigenvalue weighted by atomic mass is 32.2. The van der Waals surface area contributed by atoms with Gasteiger partial charge in [-0.2, -0.15) is 0 Å². The lowest BCUT2D eigenvalue weighted by Crippen LogP contribution is -2.50. The molecule has 0 unspecified atom stereocenters. The Morgan fingerprint density at radius 2 is 1.82 bits per heavy atom. The second-order valence-electron chi connectivity index (χ2n) is 8.13. The molecule has 1 aliphatic heterocycles. The van der Waals surface area contributed by atoms with E-state index < -0.39 is 18.0 Å². The molecule has 178 valence electrons. The number of esters is 2. The van der Waals surface area contributed by atoms with Gasteiger partial charge in [0.05, 0.1) is 30.2 Å². The molecule has 4 rings (SSSR count). The van der Waals surface area contributed by atoms with Gasteiger partial charge in [-0.3, -0.25) is 9.69 Å². The average Bonchev–Trinajstić information content (AvgIpc) is 3.65. The number of thioether (sulfide) groups is 1. The van der Waals surface area contributed by atoms with Crippen molar-refractivity contribution in [2.45, 2.75) is 43.9 Å². The van der Waals surface area contributed by atoms with Crippen molar-refractivity contribution < 1.29 is 23.9 Å². The first-order valence-corrected chi connectivity index (χ1v) is 11.9. The smallest absolute Gasteiger partial charge is 0.338 e. The Hall–Kier alpha value is -3.40. The Morgan fingerprint density at radius 1 is 1.15 bits per heavy atom. The summed E-state index contributed by atoms with van der Waals surface area (Å²) >= 11 is 1.18. The van der Waals surface area contributed by atoms with Gasteiger partial charge in [0, 0.05) is 17.4 Å². The summed E-state index contributed by atoms with van der Waals surface area (Å²) in [5.74, 6) is -1.08. The van der Waals surface area contributed by atoms with E-state index in [4.69, 9.17) is 9.47 Å². The van der Waals surface area contributed by atoms with Gasteiger partial charge in [-0.05, 0) is 38.3 Å². The highest BCUT2D eigenvalue weighted by Gasteiger charge is 2.44. The molecule has 0 bridgehead atoms. The van der Waals surface area contributed by atoms with Crippen LogP contribution in [-0.4, -0.2) is 58.3 Å². The van der Waals surface area contributed by atoms with Crippen molar-refractivity contribution in [2.24, 2.45) is 0 Å². The predicted octanol–water partition coefficient (Wildman–Crippen LogP) is 3.08. The molecule has 1 fully saturated rings. The van der Waals surface area contributed by atoms with E-state index in [9.17, 15) is 14.4 Å². The molecule has 1 saturated carbocycles. The zero-order chi connectivity index (χ0) is 24.2. The number of methoxy groups -OCH3 is 1. The third-order valence-corrected chi connectivity index (χ3v) is 6.30. The van der Waals surface area contributed by atoms with E-state index >= 15 is 0 Å². The van der Waals surface area contributed by atoms with Gasteiger partial charge in [-0.1, -0.05) is 42.1 Å². The normalized spacial score (nSPS) is 17.9. The van der Waals surface area contributed by atoms with E-state index in [2.05, 4.69) is 15.3 Å². The third-order valence-electron chi connectivity index (χ3n) is 5.48. The summed E-state index contributed by atoms with van der Waals surface area (Å²) in [6, 6.07) is 9.94. The molecule has 0 saturated heterocycles. The first-order chi connectivity index (χ1) is 16.4. The molecule has 1 N–H and O–H groups in total. The quantitative estimate of drug-likeness (QED) is 0.347. The van der Waals surface area contributed by atoms with Crippen LogP contribution in [-0.2, 0) is 19.1 Å². The number of urea groups is 1. The Labute approximate surface area is 201 Å². The van der Waals surface area contributed by atoms with E-state index in [0.717, 1.165) is 29.8 Å². The van der Waals surface area contributed by atoms with E-state index in [0.29, 0.717) is 10.9 Å². The van der Waals surface area contributed by atoms with Crippen molar-refractivity contribution in [2.75, 3.05) is 19.5 Å². The molecule has 2 amide bonds. The van der Waals surface area contributed by atoms with Crippen LogP contribution in [0.2, 0.25) is 0 Å². The topological polar surface area (TPSA) is 111 Å². The number of carbonyl (C=O) groups is 3. The van der Waals surface area contributed by atoms with Crippen LogP contribution in [0.1, 0.15) is 35.8 Å². The highest BCUT2D eigenvalue weighted by molar-refractivity contribution is 7.99. The van der Waals surface area contributed by atoms with Gasteiger partial charge in [0.1, 0.15) is 6.61 Å². The van der Waals surface area contributed by atoms with Crippen molar-refractivity contribution in [1.29, 1.82) is 0 Å². The number of carbonyl (C=O) groups excluding carboxylic acids is 3. The first kappa shape index (κ1) is 23.7. The minimum Gasteiger partial charge on any atom is -0.466 e. The van der Waals surface area contributed by atoms with E-state index in [1.807, 2.05) is 50.2 Å². The fourth-order valence-electron chi connectivity index (χ4n) is 3.86. The summed E-state index contributed by atoms with van der Waals surface area (Å²) in [5, 5.41) is 3.40. The highest BCUT2D eigenvalue weighted by Crippen LogP contribution is 2.38. The molecule has 1 atom stereocenters. The van der Waals surface area contributed by atoms with Crippen molar-refractivity contribution in [3.05, 3.63) is 64.6 Å². The Morgan fingerprint density at radius 3 is 2.44 bits per heavy atom. The summed E-state index contributed by atoms with van der Waals surface area (Å²) in [4.78, 5) is 48.6. The van der Waals surface area contributed by atoms with Crippen molar-refractivity contribution in [3.8, 4) is 0 Å². The van der Waals surface area contributed by atoms with Crippen molar-refractivity contribution in [3.63, 3.8) is 0 Å². The number of nitrogens with one attached hydrogen (secondary N) is 1. The van der Waals surface area contributed by atoms with Crippen LogP contribution in [0, 0.1) is 13.8 Å². The molecule has 1 aromatic heterocycles. The largest absolute Gasteiger partial charge is 0.466 e. The maximum Gasteiger partial charge on any atom is 0.338 e. The fraction of sp³-hybridized carbons (Fsp3) is 0.375. The van der Waals surface area contributed by atoms with E-state index in [1.165, 1.54) is 23.8 Å². The molecule has 1 aromatic carbocycles. The summed E-state index contributed by atoms with van der Waals surface area (Å²) in [6.45, 7) is 3.51. The number of hydrogen-bond donors (Lipinski definition) is 1. The number of aromatic nitrogens is 2. The molecule has 9 nitrogen and oxygen atoms in total. The van der Waals surface area contributed by atoms with Crippen LogP contribution in [0.5, 0.6) is 0 Å². The fourth-order valence-corrected chi connectivity index (χ4v) is 4.61. The zero-order valence-electron chi connectivity index (χ0n) is 19.2. The first-order valence-electron chi connectivity index (χ1n) is 10.9. The maximum absolute atomic E-state index is 13.0. The molecule has 10 heteroatoms. The van der Waals surface area contributed by atoms with Crippen molar-refractivity contribution in [1.82, 2.24) is 20.2 Å². The lowest BCUT2D eigenvalue weighted by atomic mass is 9.94. The second-order valence-corrected chi connectivity index (χ2v) is 9.07. The van der Waals surface area contributed by atoms with Gasteiger partial charge in [0.25, 0.3) is 0 Å². The monoisotopic (exact) mass is 482 g/mol. The lowest BCUT2D eigenvalue weighted by Gasteiger charge is -2.36. The number of amides is 2. The van der Waals surface area contributed by atoms with Crippen LogP contribution >= 0.6 is 11.8 Å². The number of nitrogens with zero attached hydrogens (tertiary/aromatic N) is 3. The predicted molar refractivity (Wildman–Crippen MR) is 125 cm³/mol. The molecule has 2 heterocycles. The molecule has 1 aliphatic carbocycles. The SMILES string of the molecule is COC(=O)C1=C(COC(=O)CSc2nc(C)cc(C)n2)N(C2CC2)C(=O)N[C@H]1c1ccccc1. The number of aryl methyl sites for hydroxylation is 2. The maximum atomic E-state index is 13.0. The number of ether oxygens (including phenoxy) is 2. The Balaban J connectivity index is 1.57. The van der Waals surface area contributed by atoms with Gasteiger partial charge in [0.15, 0.2) is 5.16 Å². The van der Waals surface area contributed by atoms with Crippen LogP contribution < -0.4 is 5.32 Å². The molecular weight excluding hydrogens is 456 g/mol. The molecule has 34 heavy (non-hydrogen) atoms. The molecule has 0 spiro atoms. The molecule has 2 aromatic rings. The van der Waals surface area contributed by atoms with Crippen LogP contribution in [0.4, 0.5) is 4.79 Å². The number of hydrogen-bond acceptors (Lipinski definition) is 8. The van der Waals surface area contributed by atoms with E-state index in [1.54, 1.807) is 0 Å². The van der Waals surface area contributed by atoms with Crippen LogP contribution in [0.15, 0.2) is 52.8 Å².